The molecule has 9 nitrogen and oxygen atoms in total. The van der Waals surface area contributed by atoms with Gasteiger partial charge in [-0.05, 0) is 75.4 Å². The van der Waals surface area contributed by atoms with E-state index in [1.54, 1.807) is 30.6 Å². The van der Waals surface area contributed by atoms with Crippen LogP contribution in [-0.4, -0.2) is 41.2 Å². The van der Waals surface area contributed by atoms with Gasteiger partial charge in [-0.2, -0.15) is 0 Å². The van der Waals surface area contributed by atoms with Crippen LogP contribution in [0.4, 0.5) is 5.69 Å². The molecule has 40 heavy (non-hydrogen) atoms. The molecule has 4 heterocycles. The molecule has 0 bridgehead atoms. The monoisotopic (exact) mass is 575 g/mol. The fraction of sp³-hybridized carbons (Fsp3) is 0.276. The van der Waals surface area contributed by atoms with E-state index in [4.69, 9.17) is 9.15 Å². The Morgan fingerprint density at radius 1 is 1.12 bits per heavy atom. The molecular formula is C29H29N5O4S2. The van der Waals surface area contributed by atoms with E-state index in [0.29, 0.717) is 36.6 Å². The molecule has 1 aromatic carbocycles. The summed E-state index contributed by atoms with van der Waals surface area (Å²) in [5.41, 5.74) is 4.18. The second-order valence-electron chi connectivity index (χ2n) is 9.48. The first kappa shape index (κ1) is 27.6. The summed E-state index contributed by atoms with van der Waals surface area (Å²) in [6, 6.07) is 12.7. The van der Waals surface area contributed by atoms with E-state index in [2.05, 4.69) is 15.0 Å². The third-order valence-electron chi connectivity index (χ3n) is 6.27. The number of aryl methyl sites for hydroxylation is 2. The van der Waals surface area contributed by atoms with Crippen molar-refractivity contribution in [2.45, 2.75) is 44.0 Å². The van der Waals surface area contributed by atoms with Crippen LogP contribution in [0.25, 0.3) is 6.08 Å². The van der Waals surface area contributed by atoms with Gasteiger partial charge >= 0.3 is 5.97 Å². The first-order valence-electron chi connectivity index (χ1n) is 12.7. The summed E-state index contributed by atoms with van der Waals surface area (Å²) in [5.74, 6) is 0.0337. The zero-order chi connectivity index (χ0) is 28.6. The summed E-state index contributed by atoms with van der Waals surface area (Å²) in [6.45, 7) is 7.59. The quantitative estimate of drug-likeness (QED) is 0.241. The molecule has 1 aliphatic heterocycles. The maximum atomic E-state index is 13.8. The second-order valence-corrected chi connectivity index (χ2v) is 11.5. The molecule has 0 aliphatic carbocycles. The van der Waals surface area contributed by atoms with Crippen LogP contribution in [0.15, 0.2) is 78.2 Å². The minimum atomic E-state index is -0.668. The number of nitrogens with zero attached hydrogens (tertiary/aromatic N) is 5. The SMILES string of the molecule is CCOC(=O)C1=C(C)N=c2s/c(=C/c3ccc(Sc4nc(C)cc(C)n4)o3)c(=O)n2[C@@H]1c1ccc(N(C)C)cc1. The summed E-state index contributed by atoms with van der Waals surface area (Å²) in [4.78, 5) is 42.9. The van der Waals surface area contributed by atoms with Gasteiger partial charge in [0.25, 0.3) is 5.56 Å². The Balaban J connectivity index is 1.56. The number of ether oxygens (including phenoxy) is 1. The minimum absolute atomic E-state index is 0.221. The number of carbonyl (C=O) groups excluding carboxylic acids is 1. The molecule has 5 rings (SSSR count). The molecule has 0 spiro atoms. The Morgan fingerprint density at radius 3 is 2.48 bits per heavy atom. The number of hydrogen-bond acceptors (Lipinski definition) is 10. The summed E-state index contributed by atoms with van der Waals surface area (Å²) < 4.78 is 13.4. The first-order chi connectivity index (χ1) is 19.1. The molecule has 0 radical (unpaired) electrons. The van der Waals surface area contributed by atoms with Crippen molar-refractivity contribution in [3.63, 3.8) is 0 Å². The normalized spacial score (nSPS) is 15.2. The van der Waals surface area contributed by atoms with Crippen LogP contribution in [-0.2, 0) is 9.53 Å². The number of furan rings is 1. The smallest absolute Gasteiger partial charge is 0.338 e. The highest BCUT2D eigenvalue weighted by Gasteiger charge is 2.33. The van der Waals surface area contributed by atoms with Crippen LogP contribution in [0, 0.1) is 13.8 Å². The van der Waals surface area contributed by atoms with E-state index in [-0.39, 0.29) is 12.2 Å². The van der Waals surface area contributed by atoms with E-state index in [1.165, 1.54) is 23.1 Å². The van der Waals surface area contributed by atoms with Crippen molar-refractivity contribution in [2.75, 3.05) is 25.6 Å². The molecule has 3 aromatic heterocycles. The molecule has 0 N–H and O–H groups in total. The van der Waals surface area contributed by atoms with Crippen molar-refractivity contribution >= 4 is 40.8 Å². The number of esters is 1. The maximum absolute atomic E-state index is 13.8. The number of benzene rings is 1. The van der Waals surface area contributed by atoms with Gasteiger partial charge in [0.05, 0.1) is 28.5 Å². The maximum Gasteiger partial charge on any atom is 0.338 e. The van der Waals surface area contributed by atoms with Gasteiger partial charge < -0.3 is 14.1 Å². The van der Waals surface area contributed by atoms with E-state index >= 15 is 0 Å². The van der Waals surface area contributed by atoms with Gasteiger partial charge in [0.15, 0.2) is 15.1 Å². The first-order valence-corrected chi connectivity index (χ1v) is 14.3. The Morgan fingerprint density at radius 2 is 1.82 bits per heavy atom. The largest absolute Gasteiger partial charge is 0.463 e. The van der Waals surface area contributed by atoms with Crippen LogP contribution in [0.2, 0.25) is 0 Å². The Kier molecular flexibility index (Phi) is 7.77. The Bertz CT molecular complexity index is 1780. The van der Waals surface area contributed by atoms with E-state index in [0.717, 1.165) is 22.6 Å². The topological polar surface area (TPSA) is 103 Å². The third kappa shape index (κ3) is 5.52. The van der Waals surface area contributed by atoms with Crippen LogP contribution < -0.4 is 19.8 Å². The molecule has 0 fully saturated rings. The van der Waals surface area contributed by atoms with E-state index < -0.39 is 12.0 Å². The molecular weight excluding hydrogens is 546 g/mol. The van der Waals surface area contributed by atoms with E-state index in [9.17, 15) is 9.59 Å². The highest BCUT2D eigenvalue weighted by Crippen LogP contribution is 2.32. The molecule has 0 unspecified atom stereocenters. The summed E-state index contributed by atoms with van der Waals surface area (Å²) in [6.07, 6.45) is 1.70. The number of carbonyl (C=O) groups is 1. The van der Waals surface area contributed by atoms with Gasteiger partial charge in [0.1, 0.15) is 5.76 Å². The molecule has 11 heteroatoms. The molecule has 0 saturated heterocycles. The highest BCUT2D eigenvalue weighted by molar-refractivity contribution is 7.99. The molecule has 4 aromatic rings. The predicted octanol–water partition coefficient (Wildman–Crippen LogP) is 4.02. The average molecular weight is 576 g/mol. The third-order valence-corrected chi connectivity index (χ3v) is 8.04. The van der Waals surface area contributed by atoms with E-state index in [1.807, 2.05) is 69.2 Å². The van der Waals surface area contributed by atoms with Crippen LogP contribution in [0.3, 0.4) is 0 Å². The zero-order valence-corrected chi connectivity index (χ0v) is 24.7. The van der Waals surface area contributed by atoms with Gasteiger partial charge in [0, 0.05) is 37.2 Å². The number of hydrogen-bond donors (Lipinski definition) is 0. The van der Waals surface area contributed by atoms with Gasteiger partial charge in [0.2, 0.25) is 0 Å². The molecule has 1 atom stereocenters. The number of rotatable bonds is 7. The number of aromatic nitrogens is 3. The van der Waals surface area contributed by atoms with Gasteiger partial charge in [-0.25, -0.2) is 19.8 Å². The van der Waals surface area contributed by atoms with Crippen molar-refractivity contribution in [1.82, 2.24) is 14.5 Å². The zero-order valence-electron chi connectivity index (χ0n) is 23.1. The fourth-order valence-corrected chi connectivity index (χ4v) is 6.35. The Hall–Kier alpha value is -3.96. The van der Waals surface area contributed by atoms with Crippen molar-refractivity contribution in [1.29, 1.82) is 0 Å². The van der Waals surface area contributed by atoms with Crippen molar-refractivity contribution < 1.29 is 13.9 Å². The van der Waals surface area contributed by atoms with Crippen molar-refractivity contribution in [3.05, 3.63) is 96.1 Å². The lowest BCUT2D eigenvalue weighted by molar-refractivity contribution is -0.139. The molecule has 206 valence electrons. The summed E-state index contributed by atoms with van der Waals surface area (Å²) >= 11 is 2.57. The number of thiazole rings is 1. The minimum Gasteiger partial charge on any atom is -0.463 e. The predicted molar refractivity (Wildman–Crippen MR) is 156 cm³/mol. The number of fused-ring (bicyclic) bond motifs is 1. The van der Waals surface area contributed by atoms with Gasteiger partial charge in [-0.15, -0.1) is 0 Å². The van der Waals surface area contributed by atoms with Crippen LogP contribution in [0.1, 0.15) is 42.6 Å². The summed E-state index contributed by atoms with van der Waals surface area (Å²) in [5, 5.41) is 1.21. The lowest BCUT2D eigenvalue weighted by Gasteiger charge is -2.25. The van der Waals surface area contributed by atoms with Gasteiger partial charge in [-0.3, -0.25) is 9.36 Å². The second kappa shape index (κ2) is 11.3. The van der Waals surface area contributed by atoms with Crippen LogP contribution >= 0.6 is 23.1 Å². The molecule has 1 aliphatic rings. The highest BCUT2D eigenvalue weighted by atomic mass is 32.2. The Labute approximate surface area is 239 Å². The molecule has 0 saturated carbocycles. The average Bonchev–Trinajstić information content (AvgIpc) is 3.46. The number of anilines is 1. The summed E-state index contributed by atoms with van der Waals surface area (Å²) in [7, 11) is 3.92. The number of allylic oxidation sites excluding steroid dienone is 1. The van der Waals surface area contributed by atoms with Crippen molar-refractivity contribution in [2.24, 2.45) is 4.99 Å². The van der Waals surface area contributed by atoms with Gasteiger partial charge in [-0.1, -0.05) is 23.5 Å². The molecule has 0 amide bonds. The van der Waals surface area contributed by atoms with Crippen molar-refractivity contribution in [3.8, 4) is 0 Å². The lowest BCUT2D eigenvalue weighted by atomic mass is 9.95. The lowest BCUT2D eigenvalue weighted by Crippen LogP contribution is -2.39. The standard InChI is InChI=1S/C29H29N5O4S2/c1-7-37-27(36)24-18(4)32-29-34(25(24)19-8-10-20(11-9-19)33(5)6)26(35)22(39-29)15-21-12-13-23(38-21)40-28-30-16(2)14-17(3)31-28/h8-15,25H,7H2,1-6H3/b22-15+/t25-/m1/s1. The fourth-order valence-electron chi connectivity index (χ4n) is 4.49. The van der Waals surface area contributed by atoms with Crippen LogP contribution in [0.5, 0.6) is 0 Å².